The van der Waals surface area contributed by atoms with Gasteiger partial charge in [0, 0.05) is 9.85 Å². The Morgan fingerprint density at radius 2 is 1.74 bits per heavy atom. The van der Waals surface area contributed by atoms with E-state index in [1.165, 1.54) is 16.7 Å². The maximum atomic E-state index is 14.2. The second-order valence-corrected chi connectivity index (χ2v) is 7.32. The Labute approximate surface area is 167 Å². The van der Waals surface area contributed by atoms with E-state index in [0.717, 1.165) is 10.5 Å². The number of carboxylic acid groups (broad SMARTS) is 1. The van der Waals surface area contributed by atoms with E-state index in [1.54, 1.807) is 54.6 Å². The second-order valence-electron chi connectivity index (χ2n) is 5.52. The van der Waals surface area contributed by atoms with E-state index in [1.807, 2.05) is 0 Å². The number of benzene rings is 2. The largest absolute Gasteiger partial charge is 0.478 e. The van der Waals surface area contributed by atoms with Gasteiger partial charge in [0.25, 0.3) is 5.91 Å². The zero-order chi connectivity index (χ0) is 19.4. The van der Waals surface area contributed by atoms with Crippen molar-refractivity contribution in [3.8, 4) is 10.4 Å². The Kier molecular flexibility index (Phi) is 5.83. The van der Waals surface area contributed by atoms with Crippen LogP contribution < -0.4 is 5.32 Å². The molecule has 27 heavy (non-hydrogen) atoms. The summed E-state index contributed by atoms with van der Waals surface area (Å²) in [5.41, 5.74) is 1.22. The first-order chi connectivity index (χ1) is 13.0. The van der Waals surface area contributed by atoms with Crippen LogP contribution >= 0.6 is 27.3 Å². The fraction of sp³-hybridized carbons (Fsp3) is 0. The first-order valence-corrected chi connectivity index (χ1v) is 9.47. The quantitative estimate of drug-likeness (QED) is 0.485. The molecule has 0 fully saturated rings. The molecule has 1 amide bonds. The third-order valence-electron chi connectivity index (χ3n) is 3.67. The number of hydrogen-bond donors (Lipinski definition) is 2. The molecule has 2 aromatic carbocycles. The van der Waals surface area contributed by atoms with Crippen LogP contribution in [-0.4, -0.2) is 17.0 Å². The predicted octanol–water partition coefficient (Wildman–Crippen LogP) is 5.82. The summed E-state index contributed by atoms with van der Waals surface area (Å²) in [7, 11) is 0. The minimum atomic E-state index is -1.20. The number of aromatic carboxylic acids is 1. The molecule has 0 aliphatic rings. The Hall–Kier alpha value is -2.77. The molecule has 7 heteroatoms. The topological polar surface area (TPSA) is 66.4 Å². The van der Waals surface area contributed by atoms with Crippen LogP contribution in [0.1, 0.15) is 15.9 Å². The number of hydrogen-bond acceptors (Lipinski definition) is 3. The number of carboxylic acids is 1. The number of amides is 1. The predicted molar refractivity (Wildman–Crippen MR) is 109 cm³/mol. The lowest BCUT2D eigenvalue weighted by Crippen LogP contribution is -2.14. The zero-order valence-electron chi connectivity index (χ0n) is 13.8. The van der Waals surface area contributed by atoms with Crippen molar-refractivity contribution < 1.29 is 19.1 Å². The van der Waals surface area contributed by atoms with Crippen LogP contribution in [0.4, 0.5) is 10.1 Å². The number of carbonyl (C=O) groups excluding carboxylic acids is 1. The van der Waals surface area contributed by atoms with Crippen LogP contribution in [0.3, 0.4) is 0 Å². The van der Waals surface area contributed by atoms with Crippen LogP contribution in [0.2, 0.25) is 0 Å². The number of carbonyl (C=O) groups is 2. The van der Waals surface area contributed by atoms with E-state index < -0.39 is 17.7 Å². The molecule has 0 saturated heterocycles. The van der Waals surface area contributed by atoms with Crippen molar-refractivity contribution >= 4 is 50.9 Å². The molecule has 3 aromatic rings. The highest BCUT2D eigenvalue weighted by atomic mass is 79.9. The molecule has 0 atom stereocenters. The first-order valence-electron chi connectivity index (χ1n) is 7.80. The van der Waals surface area contributed by atoms with Gasteiger partial charge in [-0.25, -0.2) is 9.18 Å². The molecule has 0 unspecified atom stereocenters. The summed E-state index contributed by atoms with van der Waals surface area (Å²) >= 11 is 4.50. The van der Waals surface area contributed by atoms with Crippen molar-refractivity contribution in [1.82, 2.24) is 0 Å². The normalized spacial score (nSPS) is 11.3. The van der Waals surface area contributed by atoms with Crippen LogP contribution in [0.5, 0.6) is 0 Å². The van der Waals surface area contributed by atoms with Gasteiger partial charge in [0.1, 0.15) is 5.56 Å². The molecular weight excluding hydrogens is 433 g/mol. The summed E-state index contributed by atoms with van der Waals surface area (Å²) in [4.78, 5) is 24.3. The minimum absolute atomic E-state index is 0.0621. The van der Waals surface area contributed by atoms with E-state index in [-0.39, 0.29) is 11.3 Å². The maximum absolute atomic E-state index is 14.2. The molecule has 0 bridgehead atoms. The molecule has 1 heterocycles. The van der Waals surface area contributed by atoms with E-state index >= 15 is 0 Å². The Balaban J connectivity index is 1.89. The maximum Gasteiger partial charge on any atom is 0.339 e. The number of anilines is 1. The monoisotopic (exact) mass is 445 g/mol. The van der Waals surface area contributed by atoms with Crippen molar-refractivity contribution in [2.45, 2.75) is 0 Å². The highest BCUT2D eigenvalue weighted by molar-refractivity contribution is 9.10. The highest BCUT2D eigenvalue weighted by Gasteiger charge is 2.22. The van der Waals surface area contributed by atoms with Crippen molar-refractivity contribution in [1.29, 1.82) is 0 Å². The van der Waals surface area contributed by atoms with Crippen molar-refractivity contribution in [3.63, 3.8) is 0 Å². The average Bonchev–Trinajstić information content (AvgIpc) is 3.07. The minimum Gasteiger partial charge on any atom is -0.478 e. The lowest BCUT2D eigenvalue weighted by Gasteiger charge is -2.05. The number of halogens is 2. The summed E-state index contributed by atoms with van der Waals surface area (Å²) < 4.78 is 15.0. The molecule has 0 aliphatic carbocycles. The summed E-state index contributed by atoms with van der Waals surface area (Å²) in [6.45, 7) is 0. The van der Waals surface area contributed by atoms with Gasteiger partial charge in [-0.2, -0.15) is 0 Å². The average molecular weight is 446 g/mol. The molecule has 1 aromatic heterocycles. The summed E-state index contributed by atoms with van der Waals surface area (Å²) in [5.74, 6) is -3.20. The molecule has 0 saturated carbocycles. The van der Waals surface area contributed by atoms with Gasteiger partial charge in [0.05, 0.1) is 10.6 Å². The van der Waals surface area contributed by atoms with E-state index in [4.69, 9.17) is 0 Å². The van der Waals surface area contributed by atoms with Crippen LogP contribution in [0.15, 0.2) is 70.3 Å². The number of nitrogens with one attached hydrogen (secondary N) is 1. The SMILES string of the molecule is O=C(Nc1csc(-c2ccc(Br)cc2)c1C(=O)O)C(F)=Cc1ccccc1. The Morgan fingerprint density at radius 3 is 2.37 bits per heavy atom. The van der Waals surface area contributed by atoms with E-state index in [2.05, 4.69) is 21.2 Å². The Bertz CT molecular complexity index is 1010. The summed E-state index contributed by atoms with van der Waals surface area (Å²) in [6.07, 6.45) is 1.10. The van der Waals surface area contributed by atoms with Gasteiger partial charge < -0.3 is 10.4 Å². The standard InChI is InChI=1S/C20H13BrFNO3S/c21-14-8-6-13(7-9-14)18-17(20(25)26)16(11-27-18)23-19(24)15(22)10-12-4-2-1-3-5-12/h1-11H,(H,23,24)(H,25,26). The molecule has 4 nitrogen and oxygen atoms in total. The van der Waals surface area contributed by atoms with Gasteiger partial charge in [-0.1, -0.05) is 58.4 Å². The van der Waals surface area contributed by atoms with E-state index in [9.17, 15) is 19.1 Å². The summed E-state index contributed by atoms with van der Waals surface area (Å²) in [5, 5.41) is 13.4. The molecule has 2 N–H and O–H groups in total. The van der Waals surface area contributed by atoms with Crippen LogP contribution in [0, 0.1) is 0 Å². The third kappa shape index (κ3) is 4.50. The lowest BCUT2D eigenvalue weighted by atomic mass is 10.1. The molecular formula is C20H13BrFNO3S. The fourth-order valence-electron chi connectivity index (χ4n) is 2.42. The third-order valence-corrected chi connectivity index (χ3v) is 5.23. The van der Waals surface area contributed by atoms with Crippen molar-refractivity contribution in [3.05, 3.63) is 81.4 Å². The Morgan fingerprint density at radius 1 is 1.07 bits per heavy atom. The van der Waals surface area contributed by atoms with Crippen molar-refractivity contribution in [2.24, 2.45) is 0 Å². The lowest BCUT2D eigenvalue weighted by molar-refractivity contribution is -0.114. The van der Waals surface area contributed by atoms with Crippen molar-refractivity contribution in [2.75, 3.05) is 5.32 Å². The van der Waals surface area contributed by atoms with Crippen LogP contribution in [-0.2, 0) is 4.79 Å². The van der Waals surface area contributed by atoms with Gasteiger partial charge in [0.2, 0.25) is 0 Å². The van der Waals surface area contributed by atoms with Gasteiger partial charge in [-0.05, 0) is 29.3 Å². The zero-order valence-corrected chi connectivity index (χ0v) is 16.2. The first kappa shape index (κ1) is 19.0. The van der Waals surface area contributed by atoms with Gasteiger partial charge in [-0.3, -0.25) is 4.79 Å². The van der Waals surface area contributed by atoms with E-state index in [0.29, 0.717) is 16.0 Å². The smallest absolute Gasteiger partial charge is 0.339 e. The molecule has 0 spiro atoms. The van der Waals surface area contributed by atoms with Gasteiger partial charge >= 0.3 is 5.97 Å². The van der Waals surface area contributed by atoms with Gasteiger partial charge in [-0.15, -0.1) is 11.3 Å². The number of thiophene rings is 1. The van der Waals surface area contributed by atoms with Crippen LogP contribution in [0.25, 0.3) is 16.5 Å². The summed E-state index contributed by atoms with van der Waals surface area (Å²) in [6, 6.07) is 15.7. The molecule has 136 valence electrons. The molecule has 3 rings (SSSR count). The molecule has 0 aliphatic heterocycles. The molecule has 0 radical (unpaired) electrons. The fourth-order valence-corrected chi connectivity index (χ4v) is 3.68. The second kappa shape index (κ2) is 8.28. The van der Waals surface area contributed by atoms with Gasteiger partial charge in [0.15, 0.2) is 5.83 Å². The number of rotatable bonds is 5. The highest BCUT2D eigenvalue weighted by Crippen LogP contribution is 2.36.